The number of piperidine rings is 1. The number of amides is 1. The molecule has 2 aromatic rings. The molecular formula is C17H22N4O3S. The van der Waals surface area contributed by atoms with Crippen LogP contribution in [0, 0.1) is 0 Å². The Hall–Kier alpha value is -2.35. The Morgan fingerprint density at radius 1 is 1.28 bits per heavy atom. The monoisotopic (exact) mass is 362 g/mol. The molecule has 1 aromatic carbocycles. The predicted octanol–water partition coefficient (Wildman–Crippen LogP) is 1.22. The maximum atomic E-state index is 12.3. The number of carbonyl (C=O) groups is 1. The van der Waals surface area contributed by atoms with E-state index in [0.717, 1.165) is 25.1 Å². The average Bonchev–Trinajstić information content (AvgIpc) is 3.01. The van der Waals surface area contributed by atoms with Crippen LogP contribution in [0.4, 0.5) is 5.69 Å². The quantitative estimate of drug-likeness (QED) is 0.884. The van der Waals surface area contributed by atoms with Crippen LogP contribution in [0.2, 0.25) is 0 Å². The molecule has 8 heteroatoms. The maximum Gasteiger partial charge on any atom is 0.254 e. The summed E-state index contributed by atoms with van der Waals surface area (Å²) in [7, 11) is -1.41. The molecule has 1 aliphatic rings. The van der Waals surface area contributed by atoms with E-state index in [1.165, 1.54) is 6.26 Å². The molecule has 1 fully saturated rings. The lowest BCUT2D eigenvalue weighted by Gasteiger charge is -2.34. The SMILES string of the molecule is Cn1cc(C(=O)NC2CCCN(c3ccc(S(C)(=O)=O)cc3)C2)cn1. The zero-order valence-electron chi connectivity index (χ0n) is 14.3. The highest BCUT2D eigenvalue weighted by molar-refractivity contribution is 7.90. The van der Waals surface area contributed by atoms with Gasteiger partial charge in [-0.3, -0.25) is 9.48 Å². The molecule has 1 unspecified atom stereocenters. The Morgan fingerprint density at radius 3 is 2.60 bits per heavy atom. The van der Waals surface area contributed by atoms with E-state index in [0.29, 0.717) is 17.0 Å². The first-order chi connectivity index (χ1) is 11.8. The van der Waals surface area contributed by atoms with Gasteiger partial charge in [0.25, 0.3) is 5.91 Å². The van der Waals surface area contributed by atoms with Crippen molar-refractivity contribution >= 4 is 21.4 Å². The Balaban J connectivity index is 1.65. The van der Waals surface area contributed by atoms with Gasteiger partial charge in [0, 0.05) is 44.3 Å². The number of rotatable bonds is 4. The summed E-state index contributed by atoms with van der Waals surface area (Å²) in [6.45, 7) is 1.59. The van der Waals surface area contributed by atoms with Crippen molar-refractivity contribution in [3.8, 4) is 0 Å². The molecule has 1 atom stereocenters. The first kappa shape index (κ1) is 17.5. The normalized spacial score (nSPS) is 18.2. The molecule has 0 spiro atoms. The van der Waals surface area contributed by atoms with Crippen molar-refractivity contribution in [2.24, 2.45) is 7.05 Å². The molecule has 1 saturated heterocycles. The second-order valence-electron chi connectivity index (χ2n) is 6.43. The van der Waals surface area contributed by atoms with E-state index in [1.54, 1.807) is 36.3 Å². The number of nitrogens with one attached hydrogen (secondary N) is 1. The summed E-state index contributed by atoms with van der Waals surface area (Å²) in [6.07, 6.45) is 6.34. The summed E-state index contributed by atoms with van der Waals surface area (Å²) >= 11 is 0. The van der Waals surface area contributed by atoms with Gasteiger partial charge in [0.15, 0.2) is 9.84 Å². The summed E-state index contributed by atoms with van der Waals surface area (Å²) in [5, 5.41) is 7.07. The van der Waals surface area contributed by atoms with Crippen LogP contribution in [-0.4, -0.2) is 49.5 Å². The zero-order valence-corrected chi connectivity index (χ0v) is 15.2. The number of aromatic nitrogens is 2. The lowest BCUT2D eigenvalue weighted by molar-refractivity contribution is 0.0933. The molecule has 0 aliphatic carbocycles. The second-order valence-corrected chi connectivity index (χ2v) is 8.44. The lowest BCUT2D eigenvalue weighted by Crippen LogP contribution is -2.47. The number of aryl methyl sites for hydroxylation is 1. The fraction of sp³-hybridized carbons (Fsp3) is 0.412. The number of sulfone groups is 1. The average molecular weight is 362 g/mol. The van der Waals surface area contributed by atoms with E-state index in [4.69, 9.17) is 0 Å². The standard InChI is InChI=1S/C17H22N4O3S/c1-20-11-13(10-18-20)17(22)19-14-4-3-9-21(12-14)15-5-7-16(8-6-15)25(2,23)24/h5-8,10-11,14H,3-4,9,12H2,1-2H3,(H,19,22). The number of benzene rings is 1. The van der Waals surface area contributed by atoms with Crippen LogP contribution >= 0.6 is 0 Å². The highest BCUT2D eigenvalue weighted by Crippen LogP contribution is 2.22. The van der Waals surface area contributed by atoms with Crippen LogP contribution in [-0.2, 0) is 16.9 Å². The third-order valence-corrected chi connectivity index (χ3v) is 5.48. The summed E-state index contributed by atoms with van der Waals surface area (Å²) in [5.74, 6) is -0.118. The third-order valence-electron chi connectivity index (χ3n) is 4.35. The number of hydrogen-bond donors (Lipinski definition) is 1. The first-order valence-electron chi connectivity index (χ1n) is 8.17. The molecule has 1 amide bonds. The minimum atomic E-state index is -3.19. The van der Waals surface area contributed by atoms with Gasteiger partial charge in [-0.25, -0.2) is 8.42 Å². The van der Waals surface area contributed by atoms with E-state index in [2.05, 4.69) is 15.3 Å². The van der Waals surface area contributed by atoms with Crippen molar-refractivity contribution in [3.63, 3.8) is 0 Å². The summed E-state index contributed by atoms with van der Waals surface area (Å²) in [4.78, 5) is 14.8. The van der Waals surface area contributed by atoms with Crippen LogP contribution < -0.4 is 10.2 Å². The summed E-state index contributed by atoms with van der Waals surface area (Å²) in [5.41, 5.74) is 1.52. The first-order valence-corrected chi connectivity index (χ1v) is 10.1. The van der Waals surface area contributed by atoms with E-state index < -0.39 is 9.84 Å². The number of carbonyl (C=O) groups excluding carboxylic acids is 1. The van der Waals surface area contributed by atoms with Crippen LogP contribution in [0.1, 0.15) is 23.2 Å². The Morgan fingerprint density at radius 2 is 2.00 bits per heavy atom. The molecule has 2 heterocycles. The molecule has 3 rings (SSSR count). The van der Waals surface area contributed by atoms with Crippen molar-refractivity contribution in [1.29, 1.82) is 0 Å². The molecular weight excluding hydrogens is 340 g/mol. The molecule has 0 saturated carbocycles. The van der Waals surface area contributed by atoms with Gasteiger partial charge >= 0.3 is 0 Å². The maximum absolute atomic E-state index is 12.3. The van der Waals surface area contributed by atoms with Gasteiger partial charge in [-0.2, -0.15) is 5.10 Å². The van der Waals surface area contributed by atoms with Gasteiger partial charge in [0.05, 0.1) is 16.7 Å². The van der Waals surface area contributed by atoms with Gasteiger partial charge in [-0.1, -0.05) is 0 Å². The van der Waals surface area contributed by atoms with Crippen molar-refractivity contribution in [1.82, 2.24) is 15.1 Å². The molecule has 0 bridgehead atoms. The topological polar surface area (TPSA) is 84.3 Å². The minimum absolute atomic E-state index is 0.0519. The van der Waals surface area contributed by atoms with E-state index in [9.17, 15) is 13.2 Å². The Labute approximate surface area is 147 Å². The van der Waals surface area contributed by atoms with Gasteiger partial charge in [0.2, 0.25) is 0 Å². The van der Waals surface area contributed by atoms with E-state index in [-0.39, 0.29) is 11.9 Å². The summed E-state index contributed by atoms with van der Waals surface area (Å²) in [6, 6.07) is 6.95. The highest BCUT2D eigenvalue weighted by atomic mass is 32.2. The molecule has 7 nitrogen and oxygen atoms in total. The third kappa shape index (κ3) is 4.19. The number of hydrogen-bond acceptors (Lipinski definition) is 5. The van der Waals surface area contributed by atoms with Crippen LogP contribution in [0.3, 0.4) is 0 Å². The predicted molar refractivity (Wildman–Crippen MR) is 95.5 cm³/mol. The van der Waals surface area contributed by atoms with Gasteiger partial charge in [-0.15, -0.1) is 0 Å². The fourth-order valence-electron chi connectivity index (χ4n) is 3.04. The van der Waals surface area contributed by atoms with Crippen molar-refractivity contribution in [2.75, 3.05) is 24.2 Å². The Bertz CT molecular complexity index is 858. The minimum Gasteiger partial charge on any atom is -0.369 e. The van der Waals surface area contributed by atoms with Crippen LogP contribution in [0.15, 0.2) is 41.6 Å². The largest absolute Gasteiger partial charge is 0.369 e. The molecule has 25 heavy (non-hydrogen) atoms. The van der Waals surface area contributed by atoms with Crippen LogP contribution in [0.25, 0.3) is 0 Å². The highest BCUT2D eigenvalue weighted by Gasteiger charge is 2.22. The van der Waals surface area contributed by atoms with Crippen LogP contribution in [0.5, 0.6) is 0 Å². The molecule has 0 radical (unpaired) electrons. The molecule has 1 N–H and O–H groups in total. The van der Waals surface area contributed by atoms with E-state index in [1.807, 2.05) is 12.1 Å². The van der Waals surface area contributed by atoms with Gasteiger partial charge in [-0.05, 0) is 37.1 Å². The summed E-state index contributed by atoms with van der Waals surface area (Å²) < 4.78 is 24.7. The molecule has 1 aliphatic heterocycles. The van der Waals surface area contributed by atoms with E-state index >= 15 is 0 Å². The number of nitrogens with zero attached hydrogens (tertiary/aromatic N) is 3. The van der Waals surface area contributed by atoms with Crippen molar-refractivity contribution in [2.45, 2.75) is 23.8 Å². The fourth-order valence-corrected chi connectivity index (χ4v) is 3.67. The zero-order chi connectivity index (χ0) is 18.0. The second kappa shape index (κ2) is 6.87. The Kier molecular flexibility index (Phi) is 4.80. The smallest absolute Gasteiger partial charge is 0.254 e. The molecule has 1 aromatic heterocycles. The van der Waals surface area contributed by atoms with Gasteiger partial charge < -0.3 is 10.2 Å². The van der Waals surface area contributed by atoms with Crippen molar-refractivity contribution in [3.05, 3.63) is 42.2 Å². The number of anilines is 1. The molecule has 134 valence electrons. The van der Waals surface area contributed by atoms with Gasteiger partial charge in [0.1, 0.15) is 0 Å². The lowest BCUT2D eigenvalue weighted by atomic mass is 10.0. The van der Waals surface area contributed by atoms with Crippen molar-refractivity contribution < 1.29 is 13.2 Å².